The quantitative estimate of drug-likeness (QED) is 0.812. The molecule has 0 aliphatic heterocycles. The third-order valence-electron chi connectivity index (χ3n) is 2.99. The van der Waals surface area contributed by atoms with Crippen LogP contribution in [0, 0.1) is 0 Å². The molecule has 0 spiro atoms. The molecule has 0 heterocycles. The fourth-order valence-electron chi connectivity index (χ4n) is 2.01. The van der Waals surface area contributed by atoms with Gasteiger partial charge in [-0.1, -0.05) is 53.0 Å². The molecule has 0 bridgehead atoms. The van der Waals surface area contributed by atoms with Crippen LogP contribution in [0.4, 0.5) is 5.69 Å². The van der Waals surface area contributed by atoms with Gasteiger partial charge in [0.25, 0.3) is 0 Å². The average Bonchev–Trinajstić information content (AvgIpc) is 2.38. The number of hydrogen-bond donors (Lipinski definition) is 1. The summed E-state index contributed by atoms with van der Waals surface area (Å²) in [7, 11) is 2.02. The molecule has 0 aromatic heterocycles. The lowest BCUT2D eigenvalue weighted by Crippen LogP contribution is -2.17. The van der Waals surface area contributed by atoms with E-state index in [1.807, 2.05) is 43.4 Å². The Labute approximate surface area is 134 Å². The van der Waals surface area contributed by atoms with E-state index in [-0.39, 0.29) is 0 Å². The number of nitrogens with zero attached hydrogens (tertiary/aromatic N) is 1. The predicted molar refractivity (Wildman–Crippen MR) is 87.5 cm³/mol. The Bertz CT molecular complexity index is 591. The maximum Gasteiger partial charge on any atom is 0.0693 e. The smallest absolute Gasteiger partial charge is 0.0693 e. The van der Waals surface area contributed by atoms with Crippen LogP contribution in [0.2, 0.25) is 15.1 Å². The highest BCUT2D eigenvalue weighted by Gasteiger charge is 2.08. The molecule has 0 aliphatic carbocycles. The Morgan fingerprint density at radius 2 is 1.55 bits per heavy atom. The second kappa shape index (κ2) is 6.68. The van der Waals surface area contributed by atoms with Gasteiger partial charge in [-0.3, -0.25) is 4.90 Å². The van der Waals surface area contributed by atoms with Crippen molar-refractivity contribution in [1.82, 2.24) is 4.90 Å². The van der Waals surface area contributed by atoms with Gasteiger partial charge >= 0.3 is 0 Å². The van der Waals surface area contributed by atoms with E-state index in [1.54, 1.807) is 0 Å². The van der Waals surface area contributed by atoms with Gasteiger partial charge in [-0.05, 0) is 36.4 Å². The summed E-state index contributed by atoms with van der Waals surface area (Å²) < 4.78 is 0. The second-order valence-electron chi connectivity index (χ2n) is 4.74. The third kappa shape index (κ3) is 3.80. The molecule has 0 saturated heterocycles. The standard InChI is InChI=1S/C15H15Cl3N2/c1-20(9-11-4-2-3-5-12(11)16)8-10-6-13(17)15(19)14(18)7-10/h2-7H,8-9,19H2,1H3. The summed E-state index contributed by atoms with van der Waals surface area (Å²) in [5, 5.41) is 1.74. The minimum atomic E-state index is 0.422. The zero-order valence-corrected chi connectivity index (χ0v) is 13.3. The van der Waals surface area contributed by atoms with Crippen LogP contribution in [-0.4, -0.2) is 11.9 Å². The van der Waals surface area contributed by atoms with Crippen molar-refractivity contribution in [2.75, 3.05) is 12.8 Å². The molecule has 2 aromatic rings. The molecule has 20 heavy (non-hydrogen) atoms. The van der Waals surface area contributed by atoms with E-state index < -0.39 is 0 Å². The number of halogens is 3. The van der Waals surface area contributed by atoms with Gasteiger partial charge in [-0.25, -0.2) is 0 Å². The van der Waals surface area contributed by atoms with E-state index in [0.717, 1.165) is 22.7 Å². The van der Waals surface area contributed by atoms with Gasteiger partial charge < -0.3 is 5.73 Å². The molecule has 5 heteroatoms. The van der Waals surface area contributed by atoms with Gasteiger partial charge in [0.1, 0.15) is 0 Å². The Balaban J connectivity index is 2.09. The number of nitrogens with two attached hydrogens (primary N) is 1. The van der Waals surface area contributed by atoms with Gasteiger partial charge in [0.2, 0.25) is 0 Å². The van der Waals surface area contributed by atoms with E-state index in [1.165, 1.54) is 0 Å². The van der Waals surface area contributed by atoms with Crippen LogP contribution >= 0.6 is 34.8 Å². The minimum absolute atomic E-state index is 0.422. The van der Waals surface area contributed by atoms with E-state index in [0.29, 0.717) is 22.3 Å². The maximum absolute atomic E-state index is 6.16. The Kier molecular flexibility index (Phi) is 5.17. The van der Waals surface area contributed by atoms with Crippen molar-refractivity contribution in [3.63, 3.8) is 0 Å². The second-order valence-corrected chi connectivity index (χ2v) is 5.96. The number of hydrogen-bond acceptors (Lipinski definition) is 2. The summed E-state index contributed by atoms with van der Waals surface area (Å²) in [4.78, 5) is 2.14. The molecule has 106 valence electrons. The molecule has 0 fully saturated rings. The molecule has 0 atom stereocenters. The van der Waals surface area contributed by atoms with Crippen LogP contribution in [-0.2, 0) is 13.1 Å². The lowest BCUT2D eigenvalue weighted by molar-refractivity contribution is 0.319. The SMILES string of the molecule is CN(Cc1cc(Cl)c(N)c(Cl)c1)Cc1ccccc1Cl. The number of benzene rings is 2. The number of anilines is 1. The molecule has 0 radical (unpaired) electrons. The zero-order valence-electron chi connectivity index (χ0n) is 11.0. The first-order valence-corrected chi connectivity index (χ1v) is 7.26. The molecular weight excluding hydrogens is 315 g/mol. The molecular formula is C15H15Cl3N2. The molecule has 2 rings (SSSR count). The minimum Gasteiger partial charge on any atom is -0.396 e. The van der Waals surface area contributed by atoms with Crippen molar-refractivity contribution in [2.45, 2.75) is 13.1 Å². The molecule has 0 aliphatic rings. The fourth-order valence-corrected chi connectivity index (χ4v) is 2.74. The molecule has 2 nitrogen and oxygen atoms in total. The Hall–Kier alpha value is -0.930. The normalized spacial score (nSPS) is 11.1. The van der Waals surface area contributed by atoms with Crippen LogP contribution in [0.15, 0.2) is 36.4 Å². The molecule has 0 amide bonds. The topological polar surface area (TPSA) is 29.3 Å². The van der Waals surface area contributed by atoms with Gasteiger partial charge in [-0.2, -0.15) is 0 Å². The Morgan fingerprint density at radius 3 is 2.15 bits per heavy atom. The summed E-state index contributed by atoms with van der Waals surface area (Å²) in [5.74, 6) is 0. The molecule has 0 unspecified atom stereocenters. The first kappa shape index (κ1) is 15.5. The largest absolute Gasteiger partial charge is 0.396 e. The molecule has 2 N–H and O–H groups in total. The Morgan fingerprint density at radius 1 is 0.950 bits per heavy atom. The monoisotopic (exact) mass is 328 g/mol. The fraction of sp³-hybridized carbons (Fsp3) is 0.200. The van der Waals surface area contributed by atoms with Crippen LogP contribution in [0.5, 0.6) is 0 Å². The van der Waals surface area contributed by atoms with E-state index in [9.17, 15) is 0 Å². The highest BCUT2D eigenvalue weighted by Crippen LogP contribution is 2.29. The van der Waals surface area contributed by atoms with Crippen LogP contribution in [0.1, 0.15) is 11.1 Å². The van der Waals surface area contributed by atoms with Gasteiger partial charge in [0.15, 0.2) is 0 Å². The summed E-state index contributed by atoms with van der Waals surface area (Å²) in [5.41, 5.74) is 8.26. The lowest BCUT2D eigenvalue weighted by Gasteiger charge is -2.18. The number of nitrogen functional groups attached to an aromatic ring is 1. The van der Waals surface area contributed by atoms with E-state index in [4.69, 9.17) is 40.5 Å². The van der Waals surface area contributed by atoms with Gasteiger partial charge in [-0.15, -0.1) is 0 Å². The van der Waals surface area contributed by atoms with Crippen molar-refractivity contribution in [1.29, 1.82) is 0 Å². The van der Waals surface area contributed by atoms with Crippen molar-refractivity contribution in [3.8, 4) is 0 Å². The summed E-state index contributed by atoms with van der Waals surface area (Å²) >= 11 is 18.2. The van der Waals surface area contributed by atoms with Crippen LogP contribution < -0.4 is 5.73 Å². The maximum atomic E-state index is 6.16. The number of rotatable bonds is 4. The predicted octanol–water partition coefficient (Wildman–Crippen LogP) is 4.86. The van der Waals surface area contributed by atoms with Crippen LogP contribution in [0.25, 0.3) is 0 Å². The summed E-state index contributed by atoms with van der Waals surface area (Å²) in [6.07, 6.45) is 0. The first-order chi connectivity index (χ1) is 9.47. The third-order valence-corrected chi connectivity index (χ3v) is 3.98. The highest BCUT2D eigenvalue weighted by atomic mass is 35.5. The van der Waals surface area contributed by atoms with Crippen molar-refractivity contribution in [3.05, 3.63) is 62.6 Å². The summed E-state index contributed by atoms with van der Waals surface area (Å²) in [6, 6.07) is 11.5. The average molecular weight is 330 g/mol. The van der Waals surface area contributed by atoms with Gasteiger partial charge in [0, 0.05) is 18.1 Å². The van der Waals surface area contributed by atoms with E-state index >= 15 is 0 Å². The van der Waals surface area contributed by atoms with Gasteiger partial charge in [0.05, 0.1) is 15.7 Å². The van der Waals surface area contributed by atoms with E-state index in [2.05, 4.69) is 4.90 Å². The van der Waals surface area contributed by atoms with Crippen molar-refractivity contribution in [2.24, 2.45) is 0 Å². The molecule has 2 aromatic carbocycles. The van der Waals surface area contributed by atoms with Crippen LogP contribution in [0.3, 0.4) is 0 Å². The van der Waals surface area contributed by atoms with Crippen molar-refractivity contribution >= 4 is 40.5 Å². The zero-order chi connectivity index (χ0) is 14.7. The lowest BCUT2D eigenvalue weighted by atomic mass is 10.1. The molecule has 0 saturated carbocycles. The summed E-state index contributed by atoms with van der Waals surface area (Å²) in [6.45, 7) is 1.46. The highest BCUT2D eigenvalue weighted by molar-refractivity contribution is 6.38. The van der Waals surface area contributed by atoms with Crippen molar-refractivity contribution < 1.29 is 0 Å². The first-order valence-electron chi connectivity index (χ1n) is 6.12.